The molecule has 3 aromatic rings. The maximum atomic E-state index is 6.19. The van der Waals surface area contributed by atoms with E-state index >= 15 is 0 Å². The fourth-order valence-corrected chi connectivity index (χ4v) is 2.06. The molecule has 0 aliphatic rings. The minimum absolute atomic E-state index is 0.477. The van der Waals surface area contributed by atoms with Crippen LogP contribution in [0.4, 0.5) is 5.82 Å². The van der Waals surface area contributed by atoms with Crippen LogP contribution in [0.2, 0.25) is 0 Å². The Hall–Kier alpha value is -2.69. The van der Waals surface area contributed by atoms with Gasteiger partial charge in [-0.15, -0.1) is 0 Å². The normalized spacial score (nSPS) is 10.6. The van der Waals surface area contributed by atoms with Crippen LogP contribution in [-0.2, 0) is 0 Å². The van der Waals surface area contributed by atoms with Crippen molar-refractivity contribution in [3.05, 3.63) is 54.5 Å². The van der Waals surface area contributed by atoms with Gasteiger partial charge in [-0.05, 0) is 18.6 Å². The van der Waals surface area contributed by atoms with Crippen molar-refractivity contribution >= 4 is 5.82 Å². The average molecular weight is 251 g/mol. The highest BCUT2D eigenvalue weighted by Gasteiger charge is 2.16. The predicted octanol–water partition coefficient (Wildman–Crippen LogP) is 2.22. The van der Waals surface area contributed by atoms with Gasteiger partial charge in [0.1, 0.15) is 5.82 Å². The van der Waals surface area contributed by atoms with E-state index in [1.54, 1.807) is 23.1 Å². The lowest BCUT2D eigenvalue weighted by atomic mass is 10.1. The highest BCUT2D eigenvalue weighted by Crippen LogP contribution is 2.29. The molecule has 0 aliphatic carbocycles. The van der Waals surface area contributed by atoms with Gasteiger partial charge in [-0.25, -0.2) is 9.97 Å². The van der Waals surface area contributed by atoms with E-state index in [9.17, 15) is 0 Å². The van der Waals surface area contributed by atoms with Gasteiger partial charge in [0.05, 0.1) is 5.69 Å². The summed E-state index contributed by atoms with van der Waals surface area (Å²) >= 11 is 0. The summed E-state index contributed by atoms with van der Waals surface area (Å²) in [6.07, 6.45) is 3.34. The van der Waals surface area contributed by atoms with Crippen LogP contribution < -0.4 is 5.73 Å². The molecule has 0 aliphatic heterocycles. The molecule has 0 atom stereocenters. The Balaban J connectivity index is 2.17. The summed E-state index contributed by atoms with van der Waals surface area (Å²) in [5.41, 5.74) is 9.01. The molecule has 19 heavy (non-hydrogen) atoms. The van der Waals surface area contributed by atoms with Crippen molar-refractivity contribution in [2.75, 3.05) is 5.73 Å². The van der Waals surface area contributed by atoms with Gasteiger partial charge in [-0.2, -0.15) is 9.78 Å². The monoisotopic (exact) mass is 251 g/mol. The van der Waals surface area contributed by atoms with Crippen molar-refractivity contribution in [1.82, 2.24) is 19.7 Å². The van der Waals surface area contributed by atoms with E-state index in [0.29, 0.717) is 11.8 Å². The second kappa shape index (κ2) is 4.53. The van der Waals surface area contributed by atoms with E-state index in [0.717, 1.165) is 16.8 Å². The fourth-order valence-electron chi connectivity index (χ4n) is 2.06. The highest BCUT2D eigenvalue weighted by atomic mass is 15.4. The molecule has 0 radical (unpaired) electrons. The predicted molar refractivity (Wildman–Crippen MR) is 73.7 cm³/mol. The Bertz CT molecular complexity index is 689. The summed E-state index contributed by atoms with van der Waals surface area (Å²) in [5, 5.41) is 4.42. The van der Waals surface area contributed by atoms with Crippen LogP contribution in [-0.4, -0.2) is 19.7 Å². The smallest absolute Gasteiger partial charge is 0.252 e. The van der Waals surface area contributed by atoms with E-state index in [1.165, 1.54) is 0 Å². The number of benzene rings is 1. The van der Waals surface area contributed by atoms with E-state index in [2.05, 4.69) is 15.1 Å². The molecular formula is C14H13N5. The number of nitrogens with two attached hydrogens (primary N) is 1. The van der Waals surface area contributed by atoms with Gasteiger partial charge < -0.3 is 5.73 Å². The molecule has 5 nitrogen and oxygen atoms in total. The molecule has 1 aromatic carbocycles. The zero-order chi connectivity index (χ0) is 13.2. The standard InChI is InChI=1S/C14H13N5/c1-10-12(11-6-3-2-4-7-11)13(15)19(18-10)14-16-8-5-9-17-14/h2-9H,15H2,1H3. The first-order valence-corrected chi connectivity index (χ1v) is 5.95. The number of nitrogen functional groups attached to an aromatic ring is 1. The molecular weight excluding hydrogens is 238 g/mol. The lowest BCUT2D eigenvalue weighted by molar-refractivity contribution is 0.805. The van der Waals surface area contributed by atoms with Crippen LogP contribution >= 0.6 is 0 Å². The molecule has 5 heteroatoms. The molecule has 0 saturated carbocycles. The van der Waals surface area contributed by atoms with Gasteiger partial charge in [0.25, 0.3) is 5.95 Å². The molecule has 2 N–H and O–H groups in total. The molecule has 0 spiro atoms. The van der Waals surface area contributed by atoms with Crippen LogP contribution in [0.15, 0.2) is 48.8 Å². The number of aryl methyl sites for hydroxylation is 1. The minimum atomic E-state index is 0.477. The van der Waals surface area contributed by atoms with Gasteiger partial charge in [-0.3, -0.25) is 0 Å². The Labute approximate surface area is 110 Å². The maximum Gasteiger partial charge on any atom is 0.252 e. The molecule has 3 rings (SSSR count). The summed E-state index contributed by atoms with van der Waals surface area (Å²) in [5.74, 6) is 1.03. The molecule has 0 amide bonds. The summed E-state index contributed by atoms with van der Waals surface area (Å²) in [6.45, 7) is 1.93. The summed E-state index contributed by atoms with van der Waals surface area (Å²) in [7, 11) is 0. The van der Waals surface area contributed by atoms with E-state index < -0.39 is 0 Å². The van der Waals surface area contributed by atoms with Crippen LogP contribution in [0.5, 0.6) is 0 Å². The molecule has 2 heterocycles. The Morgan fingerprint density at radius 2 is 1.68 bits per heavy atom. The Morgan fingerprint density at radius 1 is 1.00 bits per heavy atom. The third kappa shape index (κ3) is 1.95. The number of hydrogen-bond donors (Lipinski definition) is 1. The number of anilines is 1. The van der Waals surface area contributed by atoms with E-state index in [4.69, 9.17) is 5.73 Å². The first-order chi connectivity index (χ1) is 9.27. The highest BCUT2D eigenvalue weighted by molar-refractivity contribution is 5.77. The Kier molecular flexibility index (Phi) is 2.72. The van der Waals surface area contributed by atoms with Crippen LogP contribution in [0.25, 0.3) is 17.1 Å². The van der Waals surface area contributed by atoms with Gasteiger partial charge in [0.2, 0.25) is 0 Å². The fraction of sp³-hybridized carbons (Fsp3) is 0.0714. The lowest BCUT2D eigenvalue weighted by Crippen LogP contribution is -2.06. The van der Waals surface area contributed by atoms with Crippen molar-refractivity contribution in [2.24, 2.45) is 0 Å². The molecule has 0 fully saturated rings. The Morgan fingerprint density at radius 3 is 2.37 bits per heavy atom. The number of rotatable bonds is 2. The third-order valence-electron chi connectivity index (χ3n) is 2.90. The SMILES string of the molecule is Cc1nn(-c2ncccn2)c(N)c1-c1ccccc1. The second-order valence-electron chi connectivity index (χ2n) is 4.17. The van der Waals surface area contributed by atoms with E-state index in [1.807, 2.05) is 37.3 Å². The number of aromatic nitrogens is 4. The van der Waals surface area contributed by atoms with Crippen LogP contribution in [0.3, 0.4) is 0 Å². The number of hydrogen-bond acceptors (Lipinski definition) is 4. The quantitative estimate of drug-likeness (QED) is 0.758. The van der Waals surface area contributed by atoms with E-state index in [-0.39, 0.29) is 0 Å². The lowest BCUT2D eigenvalue weighted by Gasteiger charge is -2.03. The summed E-state index contributed by atoms with van der Waals surface area (Å²) in [4.78, 5) is 8.33. The first kappa shape index (κ1) is 11.4. The topological polar surface area (TPSA) is 69.6 Å². The molecule has 0 saturated heterocycles. The van der Waals surface area contributed by atoms with Gasteiger partial charge in [0, 0.05) is 18.0 Å². The molecule has 0 unspecified atom stereocenters. The average Bonchev–Trinajstić information content (AvgIpc) is 2.76. The summed E-state index contributed by atoms with van der Waals surface area (Å²) in [6, 6.07) is 11.7. The van der Waals surface area contributed by atoms with Crippen LogP contribution in [0.1, 0.15) is 5.69 Å². The van der Waals surface area contributed by atoms with Crippen molar-refractivity contribution < 1.29 is 0 Å². The van der Waals surface area contributed by atoms with Gasteiger partial charge >= 0.3 is 0 Å². The third-order valence-corrected chi connectivity index (χ3v) is 2.90. The molecule has 2 aromatic heterocycles. The first-order valence-electron chi connectivity index (χ1n) is 5.95. The number of nitrogens with zero attached hydrogens (tertiary/aromatic N) is 4. The molecule has 0 bridgehead atoms. The largest absolute Gasteiger partial charge is 0.383 e. The van der Waals surface area contributed by atoms with Crippen molar-refractivity contribution in [3.63, 3.8) is 0 Å². The van der Waals surface area contributed by atoms with Crippen molar-refractivity contribution in [1.29, 1.82) is 0 Å². The summed E-state index contributed by atoms with van der Waals surface area (Å²) < 4.78 is 1.57. The maximum absolute atomic E-state index is 6.19. The van der Waals surface area contributed by atoms with Crippen molar-refractivity contribution in [2.45, 2.75) is 6.92 Å². The van der Waals surface area contributed by atoms with Crippen molar-refractivity contribution in [3.8, 4) is 17.1 Å². The van der Waals surface area contributed by atoms with Crippen LogP contribution in [0, 0.1) is 6.92 Å². The van der Waals surface area contributed by atoms with Gasteiger partial charge in [0.15, 0.2) is 0 Å². The molecule has 94 valence electrons. The minimum Gasteiger partial charge on any atom is -0.383 e. The second-order valence-corrected chi connectivity index (χ2v) is 4.17. The van der Waals surface area contributed by atoms with Gasteiger partial charge in [-0.1, -0.05) is 30.3 Å². The zero-order valence-corrected chi connectivity index (χ0v) is 10.5. The zero-order valence-electron chi connectivity index (χ0n) is 10.5.